The van der Waals surface area contributed by atoms with Crippen LogP contribution in [0.15, 0.2) is 84.9 Å². The molecule has 3 aromatic carbocycles. The summed E-state index contributed by atoms with van der Waals surface area (Å²) in [4.78, 5) is 28.7. The van der Waals surface area contributed by atoms with Crippen molar-refractivity contribution >= 4 is 23.4 Å². The highest BCUT2D eigenvalue weighted by Crippen LogP contribution is 2.20. The minimum atomic E-state index is -0.638. The third-order valence-electron chi connectivity index (χ3n) is 5.45. The maximum atomic E-state index is 13.6. The summed E-state index contributed by atoms with van der Waals surface area (Å²) < 4.78 is 0. The second kappa shape index (κ2) is 12.2. The third kappa shape index (κ3) is 7.47. The van der Waals surface area contributed by atoms with Crippen molar-refractivity contribution in [1.29, 1.82) is 0 Å². The molecule has 0 fully saturated rings. The first-order chi connectivity index (χ1) is 15.9. The van der Waals surface area contributed by atoms with E-state index in [1.165, 1.54) is 0 Å². The van der Waals surface area contributed by atoms with Crippen LogP contribution in [0.3, 0.4) is 0 Å². The first-order valence-corrected chi connectivity index (χ1v) is 11.7. The van der Waals surface area contributed by atoms with E-state index in [0.717, 1.165) is 16.7 Å². The van der Waals surface area contributed by atoms with Crippen molar-refractivity contribution in [1.82, 2.24) is 10.2 Å². The Morgan fingerprint density at radius 2 is 1.42 bits per heavy atom. The molecule has 3 rings (SSSR count). The van der Waals surface area contributed by atoms with Crippen LogP contribution in [0.4, 0.5) is 0 Å². The number of carbonyl (C=O) groups excluding carboxylic acids is 2. The van der Waals surface area contributed by atoms with E-state index in [2.05, 4.69) is 19.2 Å². The van der Waals surface area contributed by atoms with Gasteiger partial charge in [-0.05, 0) is 28.7 Å². The standard InChI is InChI=1S/C28H31ClN2O2/c1-21(2)19-30-28(33)26(17-22-11-5-3-6-12-22)31(20-23-13-7-4-8-14-23)27(32)18-24-15-9-10-16-25(24)29/h3-16,21,26H,17-20H2,1-2H3,(H,30,33). The molecule has 33 heavy (non-hydrogen) atoms. The number of hydrogen-bond acceptors (Lipinski definition) is 2. The Hall–Kier alpha value is -3.11. The molecule has 0 aliphatic carbocycles. The molecule has 0 spiro atoms. The van der Waals surface area contributed by atoms with Crippen molar-refractivity contribution in [3.8, 4) is 0 Å². The summed E-state index contributed by atoms with van der Waals surface area (Å²) in [6, 6.07) is 26.3. The fourth-order valence-electron chi connectivity index (χ4n) is 3.66. The van der Waals surface area contributed by atoms with Crippen molar-refractivity contribution in [2.75, 3.05) is 6.54 Å². The smallest absolute Gasteiger partial charge is 0.243 e. The molecule has 0 radical (unpaired) electrons. The molecule has 4 nitrogen and oxygen atoms in total. The second-order valence-corrected chi connectivity index (χ2v) is 9.03. The number of nitrogens with one attached hydrogen (secondary N) is 1. The van der Waals surface area contributed by atoms with Crippen molar-refractivity contribution in [2.45, 2.75) is 39.3 Å². The molecule has 2 amide bonds. The Labute approximate surface area is 201 Å². The lowest BCUT2D eigenvalue weighted by Crippen LogP contribution is -2.51. The Morgan fingerprint density at radius 3 is 2.03 bits per heavy atom. The van der Waals surface area contributed by atoms with E-state index in [1.807, 2.05) is 78.9 Å². The highest BCUT2D eigenvalue weighted by atomic mass is 35.5. The van der Waals surface area contributed by atoms with E-state index < -0.39 is 6.04 Å². The summed E-state index contributed by atoms with van der Waals surface area (Å²) >= 11 is 6.34. The molecule has 3 aromatic rings. The van der Waals surface area contributed by atoms with E-state index in [0.29, 0.717) is 30.5 Å². The zero-order valence-electron chi connectivity index (χ0n) is 19.2. The molecule has 5 heteroatoms. The van der Waals surface area contributed by atoms with Gasteiger partial charge >= 0.3 is 0 Å². The van der Waals surface area contributed by atoms with Crippen LogP contribution in [0.2, 0.25) is 5.02 Å². The summed E-state index contributed by atoms with van der Waals surface area (Å²) in [5.74, 6) is 0.0382. The third-order valence-corrected chi connectivity index (χ3v) is 5.82. The lowest BCUT2D eigenvalue weighted by molar-refractivity contribution is -0.140. The minimum absolute atomic E-state index is 0.132. The van der Waals surface area contributed by atoms with E-state index in [-0.39, 0.29) is 18.2 Å². The van der Waals surface area contributed by atoms with Crippen molar-refractivity contribution < 1.29 is 9.59 Å². The molecule has 0 heterocycles. The molecular formula is C28H31ClN2O2. The molecule has 1 unspecified atom stereocenters. The Balaban J connectivity index is 1.94. The number of halogens is 1. The van der Waals surface area contributed by atoms with Crippen LogP contribution in [-0.4, -0.2) is 29.3 Å². The zero-order valence-corrected chi connectivity index (χ0v) is 20.0. The quantitative estimate of drug-likeness (QED) is 0.444. The van der Waals surface area contributed by atoms with Crippen LogP contribution in [0.5, 0.6) is 0 Å². The average molecular weight is 463 g/mol. The molecular weight excluding hydrogens is 432 g/mol. The monoisotopic (exact) mass is 462 g/mol. The molecule has 1 atom stereocenters. The first kappa shape index (κ1) is 24.5. The van der Waals surface area contributed by atoms with Crippen LogP contribution in [0.1, 0.15) is 30.5 Å². The highest BCUT2D eigenvalue weighted by Gasteiger charge is 2.30. The van der Waals surface area contributed by atoms with E-state index in [9.17, 15) is 9.59 Å². The molecule has 0 aliphatic heterocycles. The fourth-order valence-corrected chi connectivity index (χ4v) is 3.87. The molecule has 0 bridgehead atoms. The normalized spacial score (nSPS) is 11.8. The van der Waals surface area contributed by atoms with Gasteiger partial charge in [0.1, 0.15) is 6.04 Å². The minimum Gasteiger partial charge on any atom is -0.354 e. The van der Waals surface area contributed by atoms with Crippen LogP contribution < -0.4 is 5.32 Å². The number of rotatable bonds is 10. The number of carbonyl (C=O) groups is 2. The number of hydrogen-bond donors (Lipinski definition) is 1. The van der Waals surface area contributed by atoms with Gasteiger partial charge in [-0.1, -0.05) is 104 Å². The van der Waals surface area contributed by atoms with Gasteiger partial charge in [0.2, 0.25) is 11.8 Å². The Kier molecular flexibility index (Phi) is 9.08. The maximum absolute atomic E-state index is 13.6. The van der Waals surface area contributed by atoms with Gasteiger partial charge < -0.3 is 10.2 Å². The fraction of sp³-hybridized carbons (Fsp3) is 0.286. The Morgan fingerprint density at radius 1 is 0.848 bits per heavy atom. The van der Waals surface area contributed by atoms with E-state index in [1.54, 1.807) is 11.0 Å². The van der Waals surface area contributed by atoms with Gasteiger partial charge in [-0.25, -0.2) is 0 Å². The van der Waals surface area contributed by atoms with Gasteiger partial charge in [0.15, 0.2) is 0 Å². The maximum Gasteiger partial charge on any atom is 0.243 e. The summed E-state index contributed by atoms with van der Waals surface area (Å²) in [5.41, 5.74) is 2.73. The Bertz CT molecular complexity index is 1040. The van der Waals surface area contributed by atoms with Crippen molar-refractivity contribution in [3.63, 3.8) is 0 Å². The van der Waals surface area contributed by atoms with Crippen molar-refractivity contribution in [3.05, 3.63) is 107 Å². The van der Waals surface area contributed by atoms with Gasteiger partial charge in [-0.2, -0.15) is 0 Å². The summed E-state index contributed by atoms with van der Waals surface area (Å²) in [5, 5.41) is 3.59. The zero-order chi connectivity index (χ0) is 23.6. The molecule has 0 saturated heterocycles. The van der Waals surface area contributed by atoms with E-state index in [4.69, 9.17) is 11.6 Å². The van der Waals surface area contributed by atoms with Crippen LogP contribution in [-0.2, 0) is 29.0 Å². The molecule has 172 valence electrons. The van der Waals surface area contributed by atoms with Crippen molar-refractivity contribution in [2.24, 2.45) is 5.92 Å². The topological polar surface area (TPSA) is 49.4 Å². The van der Waals surface area contributed by atoms with Gasteiger partial charge in [-0.15, -0.1) is 0 Å². The average Bonchev–Trinajstić information content (AvgIpc) is 2.82. The van der Waals surface area contributed by atoms with Gasteiger partial charge in [0.05, 0.1) is 6.42 Å². The van der Waals surface area contributed by atoms with Crippen LogP contribution in [0, 0.1) is 5.92 Å². The molecule has 0 aliphatic rings. The summed E-state index contributed by atoms with van der Waals surface area (Å²) in [6.07, 6.45) is 0.571. The SMILES string of the molecule is CC(C)CNC(=O)C(Cc1ccccc1)N(Cc1ccccc1)C(=O)Cc1ccccc1Cl. The lowest BCUT2D eigenvalue weighted by atomic mass is 10.0. The highest BCUT2D eigenvalue weighted by molar-refractivity contribution is 6.31. The number of benzene rings is 3. The predicted octanol–water partition coefficient (Wildman–Crippen LogP) is 5.29. The molecule has 0 aromatic heterocycles. The summed E-state index contributed by atoms with van der Waals surface area (Å²) in [6.45, 7) is 5.01. The number of amides is 2. The molecule has 0 saturated carbocycles. The number of nitrogens with zero attached hydrogens (tertiary/aromatic N) is 1. The largest absolute Gasteiger partial charge is 0.354 e. The predicted molar refractivity (Wildman–Crippen MR) is 134 cm³/mol. The van der Waals surface area contributed by atoms with Gasteiger partial charge in [0, 0.05) is 24.5 Å². The summed E-state index contributed by atoms with van der Waals surface area (Å²) in [7, 11) is 0. The van der Waals surface area contributed by atoms with E-state index >= 15 is 0 Å². The first-order valence-electron chi connectivity index (χ1n) is 11.3. The lowest BCUT2D eigenvalue weighted by Gasteiger charge is -2.32. The van der Waals surface area contributed by atoms with Crippen LogP contribution >= 0.6 is 11.6 Å². The second-order valence-electron chi connectivity index (χ2n) is 8.62. The van der Waals surface area contributed by atoms with Gasteiger partial charge in [-0.3, -0.25) is 9.59 Å². The molecule has 1 N–H and O–H groups in total. The van der Waals surface area contributed by atoms with Crippen LogP contribution in [0.25, 0.3) is 0 Å². The van der Waals surface area contributed by atoms with Gasteiger partial charge in [0.25, 0.3) is 0 Å².